The van der Waals surface area contributed by atoms with E-state index in [1.807, 2.05) is 0 Å². The molecule has 0 unspecified atom stereocenters. The molecule has 15 heavy (non-hydrogen) atoms. The Hall–Kier alpha value is -2.44. The molecule has 2 N–H and O–H groups in total. The van der Waals surface area contributed by atoms with E-state index in [4.69, 9.17) is 10.2 Å². The average Bonchev–Trinajstić information content (AvgIpc) is 2.16. The van der Waals surface area contributed by atoms with E-state index in [-0.39, 0.29) is 0 Å². The predicted molar refractivity (Wildman–Crippen MR) is 47.0 cm³/mol. The fraction of sp³-hybridized carbons (Fsp3) is 0. The quantitative estimate of drug-likeness (QED) is 0.438. The van der Waals surface area contributed by atoms with Crippen molar-refractivity contribution in [3.8, 4) is 0 Å². The van der Waals surface area contributed by atoms with Gasteiger partial charge in [0.15, 0.2) is 5.56 Å². The van der Waals surface area contributed by atoms with Crippen molar-refractivity contribution in [2.45, 2.75) is 0 Å². The first-order valence-corrected chi connectivity index (χ1v) is 3.69. The highest BCUT2D eigenvalue weighted by Gasteiger charge is 2.26. The van der Waals surface area contributed by atoms with Crippen molar-refractivity contribution < 1.29 is 24.7 Å². The number of nitro groups is 1. The molecule has 7 nitrogen and oxygen atoms in total. The van der Waals surface area contributed by atoms with E-state index in [0.29, 0.717) is 0 Å². The molecule has 0 aromatic heterocycles. The molecule has 7 heteroatoms. The highest BCUT2D eigenvalue weighted by molar-refractivity contribution is 6.04. The highest BCUT2D eigenvalue weighted by atomic mass is 16.9. The Labute approximate surface area is 82.7 Å². The minimum atomic E-state index is -1.64. The van der Waals surface area contributed by atoms with Crippen LogP contribution in [0, 0.1) is 10.1 Å². The summed E-state index contributed by atoms with van der Waals surface area (Å²) in [6.45, 7) is 0. The Bertz CT molecular complexity index is 420. The molecule has 0 heterocycles. The van der Waals surface area contributed by atoms with Crippen molar-refractivity contribution in [1.82, 2.24) is 0 Å². The van der Waals surface area contributed by atoms with Crippen molar-refractivity contribution in [3.05, 3.63) is 39.4 Å². The summed E-state index contributed by atoms with van der Waals surface area (Å²) in [6.07, 6.45) is 0. The standard InChI is InChI=1S/C8H5NO6/c10-7(11)4-2-1-3-5(9(14)15)6(4)8(12)13/h1-3H,(H,10,11)(H,12,13)/i9+1. The summed E-state index contributed by atoms with van der Waals surface area (Å²) in [5.41, 5.74) is -2.14. The number of carboxylic acids is 2. The molecular weight excluding hydrogens is 207 g/mol. The van der Waals surface area contributed by atoms with Crippen molar-refractivity contribution in [1.29, 1.82) is 0 Å². The summed E-state index contributed by atoms with van der Waals surface area (Å²) >= 11 is 0. The fourth-order valence-electron chi connectivity index (χ4n) is 1.10. The van der Waals surface area contributed by atoms with Gasteiger partial charge in [-0.2, -0.15) is 0 Å². The summed E-state index contributed by atoms with van der Waals surface area (Å²) in [5.74, 6) is -3.16. The predicted octanol–water partition coefficient (Wildman–Crippen LogP) is 0.991. The van der Waals surface area contributed by atoms with Crippen LogP contribution in [0.4, 0.5) is 5.69 Å². The second-order valence-electron chi connectivity index (χ2n) is 2.57. The van der Waals surface area contributed by atoms with E-state index in [1.54, 1.807) is 0 Å². The van der Waals surface area contributed by atoms with Gasteiger partial charge in [-0.15, -0.1) is 0 Å². The summed E-state index contributed by atoms with van der Waals surface area (Å²) < 4.78 is 0. The normalized spacial score (nSPS) is 9.60. The van der Waals surface area contributed by atoms with Crippen LogP contribution >= 0.6 is 0 Å². The molecule has 0 aliphatic heterocycles. The largest absolute Gasteiger partial charge is 0.478 e. The van der Waals surface area contributed by atoms with Crippen LogP contribution in [-0.4, -0.2) is 27.1 Å². The molecular formula is C8H5NO6. The molecule has 0 atom stereocenters. The van der Waals surface area contributed by atoms with E-state index in [0.717, 1.165) is 18.2 Å². The molecule has 0 aliphatic carbocycles. The SMILES string of the molecule is O=C(O)c1cccc([15N+](=O)[O-])c1C(=O)O. The van der Waals surface area contributed by atoms with Gasteiger partial charge in [-0.05, 0) is 6.07 Å². The van der Waals surface area contributed by atoms with Crippen LogP contribution in [0.3, 0.4) is 0 Å². The third-order valence-corrected chi connectivity index (χ3v) is 1.68. The molecule has 0 fully saturated rings. The van der Waals surface area contributed by atoms with Crippen molar-refractivity contribution in [2.75, 3.05) is 0 Å². The Morgan fingerprint density at radius 3 is 2.20 bits per heavy atom. The lowest BCUT2D eigenvalue weighted by molar-refractivity contribution is -0.385. The Balaban J connectivity index is 3.56. The first-order chi connectivity index (χ1) is 6.95. The van der Waals surface area contributed by atoms with E-state index >= 15 is 0 Å². The number of rotatable bonds is 3. The Morgan fingerprint density at radius 2 is 1.80 bits per heavy atom. The van der Waals surface area contributed by atoms with Gasteiger partial charge in [0.25, 0.3) is 5.69 Å². The number of carbonyl (C=O) groups is 2. The van der Waals surface area contributed by atoms with Crippen LogP contribution < -0.4 is 0 Å². The summed E-state index contributed by atoms with van der Waals surface area (Å²) in [6, 6.07) is 3.06. The van der Waals surface area contributed by atoms with E-state index in [9.17, 15) is 19.7 Å². The van der Waals surface area contributed by atoms with Gasteiger partial charge in [-0.3, -0.25) is 10.1 Å². The lowest BCUT2D eigenvalue weighted by Crippen LogP contribution is -2.10. The maximum Gasteiger partial charge on any atom is 0.343 e. The topological polar surface area (TPSA) is 118 Å². The number of nitro benzene ring substituents is 1. The minimum absolute atomic E-state index is 0.600. The van der Waals surface area contributed by atoms with E-state index in [1.165, 1.54) is 0 Å². The lowest BCUT2D eigenvalue weighted by Gasteiger charge is -2.01. The molecule has 1 aromatic carbocycles. The van der Waals surface area contributed by atoms with Gasteiger partial charge in [-0.1, -0.05) is 6.07 Å². The molecule has 1 rings (SSSR count). The van der Waals surface area contributed by atoms with Gasteiger partial charge in [-0.25, -0.2) is 9.59 Å². The Morgan fingerprint density at radius 1 is 1.20 bits per heavy atom. The minimum Gasteiger partial charge on any atom is -0.478 e. The molecule has 0 radical (unpaired) electrons. The molecule has 0 spiro atoms. The number of benzene rings is 1. The van der Waals surface area contributed by atoms with Crippen molar-refractivity contribution >= 4 is 17.6 Å². The smallest absolute Gasteiger partial charge is 0.343 e. The zero-order chi connectivity index (χ0) is 11.6. The molecule has 0 amide bonds. The summed E-state index contributed by atoms with van der Waals surface area (Å²) in [4.78, 5) is 30.8. The number of nitrogens with zero attached hydrogens (tertiary/aromatic N) is 1. The van der Waals surface area contributed by atoms with Gasteiger partial charge >= 0.3 is 11.9 Å². The Kier molecular flexibility index (Phi) is 2.65. The molecule has 1 aromatic rings. The zero-order valence-corrected chi connectivity index (χ0v) is 7.21. The van der Waals surface area contributed by atoms with Crippen molar-refractivity contribution in [2.24, 2.45) is 0 Å². The molecule has 0 saturated heterocycles. The zero-order valence-electron chi connectivity index (χ0n) is 7.21. The van der Waals surface area contributed by atoms with E-state index < -0.39 is 33.7 Å². The lowest BCUT2D eigenvalue weighted by atomic mass is 10.1. The molecule has 78 valence electrons. The number of hydrogen-bond donors (Lipinski definition) is 2. The van der Waals surface area contributed by atoms with Gasteiger partial charge in [0.1, 0.15) is 0 Å². The third-order valence-electron chi connectivity index (χ3n) is 1.68. The highest BCUT2D eigenvalue weighted by Crippen LogP contribution is 2.22. The van der Waals surface area contributed by atoms with Crippen LogP contribution in [0.1, 0.15) is 20.7 Å². The van der Waals surface area contributed by atoms with Crippen LogP contribution in [0.25, 0.3) is 0 Å². The maximum atomic E-state index is 10.7. The number of carboxylic acid groups (broad SMARTS) is 2. The van der Waals surface area contributed by atoms with Gasteiger partial charge in [0.2, 0.25) is 0 Å². The summed E-state index contributed by atoms with van der Waals surface area (Å²) in [5, 5.41) is 27.8. The van der Waals surface area contributed by atoms with Gasteiger partial charge in [0, 0.05) is 6.07 Å². The monoisotopic (exact) mass is 212 g/mol. The van der Waals surface area contributed by atoms with Gasteiger partial charge < -0.3 is 10.2 Å². The third kappa shape index (κ3) is 1.90. The number of aromatic carboxylic acids is 2. The molecule has 0 bridgehead atoms. The van der Waals surface area contributed by atoms with Crippen LogP contribution in [-0.2, 0) is 0 Å². The second kappa shape index (κ2) is 3.74. The summed E-state index contributed by atoms with van der Waals surface area (Å²) in [7, 11) is 0. The van der Waals surface area contributed by atoms with Crippen molar-refractivity contribution in [3.63, 3.8) is 0 Å². The van der Waals surface area contributed by atoms with Gasteiger partial charge in [0.05, 0.1) is 10.5 Å². The first kappa shape index (κ1) is 10.6. The van der Waals surface area contributed by atoms with E-state index in [2.05, 4.69) is 0 Å². The molecule has 0 saturated carbocycles. The first-order valence-electron chi connectivity index (χ1n) is 3.69. The van der Waals surface area contributed by atoms with Crippen LogP contribution in [0.15, 0.2) is 18.2 Å². The average molecular weight is 212 g/mol. The molecule has 0 aliphatic rings. The van der Waals surface area contributed by atoms with Crippen LogP contribution in [0.2, 0.25) is 0 Å². The fourth-order valence-corrected chi connectivity index (χ4v) is 1.10. The number of hydrogen-bond acceptors (Lipinski definition) is 4. The second-order valence-corrected chi connectivity index (χ2v) is 2.57. The van der Waals surface area contributed by atoms with Crippen LogP contribution in [0.5, 0.6) is 0 Å². The maximum absolute atomic E-state index is 10.7.